The molecule has 0 bridgehead atoms. The Hall–Kier alpha value is -2.28. The Labute approximate surface area is 147 Å². The van der Waals surface area contributed by atoms with Crippen molar-refractivity contribution < 1.29 is 26.5 Å². The maximum absolute atomic E-state index is 14.3. The molecule has 25 heavy (non-hydrogen) atoms. The van der Waals surface area contributed by atoms with Crippen molar-refractivity contribution in [1.29, 1.82) is 0 Å². The van der Waals surface area contributed by atoms with Crippen molar-refractivity contribution in [3.8, 4) is 17.2 Å². The van der Waals surface area contributed by atoms with Gasteiger partial charge in [0.05, 0.1) is 14.2 Å². The minimum absolute atomic E-state index is 0.0426. The van der Waals surface area contributed by atoms with Gasteiger partial charge in [0.25, 0.3) is 0 Å². The lowest BCUT2D eigenvalue weighted by Gasteiger charge is -2.16. The van der Waals surface area contributed by atoms with Gasteiger partial charge in [-0.15, -0.1) is 0 Å². The largest absolute Gasteiger partial charge is 0.493 e. The van der Waals surface area contributed by atoms with Crippen LogP contribution in [0, 0.1) is 12.7 Å². The molecule has 5 nitrogen and oxygen atoms in total. The van der Waals surface area contributed by atoms with Crippen LogP contribution in [0.5, 0.6) is 17.2 Å². The van der Waals surface area contributed by atoms with Gasteiger partial charge in [0.1, 0.15) is 16.5 Å². The van der Waals surface area contributed by atoms with Crippen LogP contribution in [0.15, 0.2) is 35.2 Å². The molecule has 0 saturated carbocycles. The summed E-state index contributed by atoms with van der Waals surface area (Å²) < 4.78 is 54.8. The Kier molecular flexibility index (Phi) is 5.57. The van der Waals surface area contributed by atoms with Crippen LogP contribution < -0.4 is 13.7 Å². The van der Waals surface area contributed by atoms with Crippen LogP contribution in [-0.4, -0.2) is 22.6 Å². The molecule has 2 aromatic carbocycles. The number of hydrogen-bond acceptors (Lipinski definition) is 5. The zero-order valence-electron chi connectivity index (χ0n) is 14.8. The molecule has 0 radical (unpaired) electrons. The van der Waals surface area contributed by atoms with E-state index >= 15 is 0 Å². The Balaban J connectivity index is 2.53. The maximum Gasteiger partial charge on any atom is 0.342 e. The normalized spacial score (nSPS) is 11.5. The molecular weight excluding hydrogens is 347 g/mol. The number of aryl methyl sites for hydroxylation is 1. The van der Waals surface area contributed by atoms with E-state index in [1.165, 1.54) is 14.2 Å². The Morgan fingerprint density at radius 2 is 1.56 bits per heavy atom. The van der Waals surface area contributed by atoms with Gasteiger partial charge in [-0.25, -0.2) is 4.39 Å². The molecule has 0 aliphatic heterocycles. The molecule has 0 saturated heterocycles. The highest BCUT2D eigenvalue weighted by atomic mass is 32.2. The molecule has 0 spiro atoms. The highest BCUT2D eigenvalue weighted by Gasteiger charge is 2.26. The second-order valence-corrected chi connectivity index (χ2v) is 7.39. The van der Waals surface area contributed by atoms with Crippen LogP contribution in [0.2, 0.25) is 0 Å². The number of hydrogen-bond donors (Lipinski definition) is 0. The van der Waals surface area contributed by atoms with E-state index in [1.54, 1.807) is 12.1 Å². The number of benzene rings is 2. The maximum atomic E-state index is 14.3. The topological polar surface area (TPSA) is 61.8 Å². The quantitative estimate of drug-likeness (QED) is 0.720. The van der Waals surface area contributed by atoms with Gasteiger partial charge >= 0.3 is 10.1 Å². The van der Waals surface area contributed by atoms with Crippen LogP contribution in [0.1, 0.15) is 30.9 Å². The predicted octanol–water partition coefficient (Wildman–Crippen LogP) is 4.04. The van der Waals surface area contributed by atoms with Crippen LogP contribution in [-0.2, 0) is 10.1 Å². The van der Waals surface area contributed by atoms with E-state index in [1.807, 2.05) is 26.8 Å². The molecule has 2 rings (SSSR count). The Morgan fingerprint density at radius 3 is 2.12 bits per heavy atom. The molecule has 0 heterocycles. The molecule has 0 atom stereocenters. The van der Waals surface area contributed by atoms with Crippen molar-refractivity contribution in [2.24, 2.45) is 0 Å². The Bertz CT molecular complexity index is 875. The van der Waals surface area contributed by atoms with Crippen molar-refractivity contribution in [3.63, 3.8) is 0 Å². The van der Waals surface area contributed by atoms with Crippen molar-refractivity contribution >= 4 is 10.1 Å². The average molecular weight is 368 g/mol. The number of rotatable bonds is 6. The van der Waals surface area contributed by atoms with E-state index in [0.717, 1.165) is 23.3 Å². The summed E-state index contributed by atoms with van der Waals surface area (Å²) in [7, 11) is -1.71. The fourth-order valence-electron chi connectivity index (χ4n) is 2.38. The zero-order valence-corrected chi connectivity index (χ0v) is 15.6. The van der Waals surface area contributed by atoms with E-state index in [-0.39, 0.29) is 23.2 Å². The highest BCUT2D eigenvalue weighted by Crippen LogP contribution is 2.35. The summed E-state index contributed by atoms with van der Waals surface area (Å²) in [6, 6.07) is 7.29. The first-order valence-corrected chi connectivity index (χ1v) is 9.07. The molecule has 0 aromatic heterocycles. The lowest BCUT2D eigenvalue weighted by Crippen LogP contribution is -2.13. The summed E-state index contributed by atoms with van der Waals surface area (Å²) in [4.78, 5) is -0.610. The predicted molar refractivity (Wildman–Crippen MR) is 92.6 cm³/mol. The number of methoxy groups -OCH3 is 2. The standard InChI is InChI=1S/C18H21FO5S/c1-11(2)13-7-6-12(3)8-15(13)24-25(20,21)18-10-17(23-5)16(22-4)9-14(18)19/h6-11H,1-5H3. The van der Waals surface area contributed by atoms with Crippen LogP contribution in [0.25, 0.3) is 0 Å². The van der Waals surface area contributed by atoms with Crippen molar-refractivity contribution in [2.45, 2.75) is 31.6 Å². The van der Waals surface area contributed by atoms with E-state index < -0.39 is 20.8 Å². The summed E-state index contributed by atoms with van der Waals surface area (Å²) in [5, 5.41) is 0. The molecule has 7 heteroatoms. The second kappa shape index (κ2) is 7.31. The molecule has 0 N–H and O–H groups in total. The van der Waals surface area contributed by atoms with E-state index in [9.17, 15) is 12.8 Å². The first-order chi connectivity index (χ1) is 11.7. The fraction of sp³-hybridized carbons (Fsp3) is 0.333. The third kappa shape index (κ3) is 4.04. The number of halogens is 1. The third-order valence-corrected chi connectivity index (χ3v) is 4.95. The summed E-state index contributed by atoms with van der Waals surface area (Å²) in [5.74, 6) is -0.557. The minimum Gasteiger partial charge on any atom is -0.493 e. The monoisotopic (exact) mass is 368 g/mol. The molecule has 2 aromatic rings. The molecule has 136 valence electrons. The van der Waals surface area contributed by atoms with Gasteiger partial charge in [0, 0.05) is 12.1 Å². The fourth-order valence-corrected chi connectivity index (χ4v) is 3.40. The van der Waals surface area contributed by atoms with Crippen molar-refractivity contribution in [3.05, 3.63) is 47.3 Å². The first-order valence-electron chi connectivity index (χ1n) is 7.66. The molecule has 0 fully saturated rings. The van der Waals surface area contributed by atoms with Gasteiger partial charge in [-0.2, -0.15) is 8.42 Å². The summed E-state index contributed by atoms with van der Waals surface area (Å²) in [6.45, 7) is 5.66. The van der Waals surface area contributed by atoms with E-state index in [2.05, 4.69) is 0 Å². The van der Waals surface area contributed by atoms with E-state index in [0.29, 0.717) is 0 Å². The summed E-state index contributed by atoms with van der Waals surface area (Å²) >= 11 is 0. The molecule has 0 aliphatic carbocycles. The second-order valence-electron chi connectivity index (χ2n) is 5.87. The molecular formula is C18H21FO5S. The third-order valence-electron chi connectivity index (χ3n) is 3.70. The Morgan fingerprint density at radius 1 is 0.960 bits per heavy atom. The number of ether oxygens (including phenoxy) is 2. The van der Waals surface area contributed by atoms with E-state index in [4.69, 9.17) is 13.7 Å². The molecule has 0 aliphatic rings. The van der Waals surface area contributed by atoms with Crippen LogP contribution in [0.3, 0.4) is 0 Å². The lowest BCUT2D eigenvalue weighted by atomic mass is 10.0. The van der Waals surface area contributed by atoms with Gasteiger partial charge in [-0.05, 0) is 30.0 Å². The lowest BCUT2D eigenvalue weighted by molar-refractivity contribution is 0.349. The van der Waals surface area contributed by atoms with Gasteiger partial charge in [0.2, 0.25) is 0 Å². The SMILES string of the molecule is COc1cc(F)c(S(=O)(=O)Oc2cc(C)ccc2C(C)C)cc1OC. The van der Waals surface area contributed by atoms with Gasteiger partial charge in [-0.3, -0.25) is 0 Å². The van der Waals surface area contributed by atoms with Crippen molar-refractivity contribution in [1.82, 2.24) is 0 Å². The summed E-state index contributed by atoms with van der Waals surface area (Å²) in [6.07, 6.45) is 0. The molecule has 0 amide bonds. The summed E-state index contributed by atoms with van der Waals surface area (Å²) in [5.41, 5.74) is 1.55. The van der Waals surface area contributed by atoms with Gasteiger partial charge in [0.15, 0.2) is 11.5 Å². The zero-order chi connectivity index (χ0) is 18.8. The smallest absolute Gasteiger partial charge is 0.342 e. The first kappa shape index (κ1) is 19.1. The minimum atomic E-state index is -4.38. The highest BCUT2D eigenvalue weighted by molar-refractivity contribution is 7.87. The van der Waals surface area contributed by atoms with Gasteiger partial charge in [-0.1, -0.05) is 26.0 Å². The van der Waals surface area contributed by atoms with Crippen LogP contribution in [0.4, 0.5) is 4.39 Å². The van der Waals surface area contributed by atoms with Crippen molar-refractivity contribution in [2.75, 3.05) is 14.2 Å². The molecule has 0 unspecified atom stereocenters. The average Bonchev–Trinajstić information content (AvgIpc) is 2.53. The van der Waals surface area contributed by atoms with Gasteiger partial charge < -0.3 is 13.7 Å². The van der Waals surface area contributed by atoms with Crippen LogP contribution >= 0.6 is 0 Å².